The summed E-state index contributed by atoms with van der Waals surface area (Å²) < 4.78 is 33.5. The number of amides is 1. The molecule has 1 heterocycles. The molecule has 0 aliphatic carbocycles. The lowest BCUT2D eigenvalue weighted by Gasteiger charge is -2.35. The Morgan fingerprint density at radius 3 is 2.66 bits per heavy atom. The van der Waals surface area contributed by atoms with Crippen molar-refractivity contribution >= 4 is 39.1 Å². The highest BCUT2D eigenvalue weighted by Gasteiger charge is 2.34. The van der Waals surface area contributed by atoms with Gasteiger partial charge in [0.2, 0.25) is 15.9 Å². The molecule has 0 spiro atoms. The molecule has 1 aliphatic rings. The van der Waals surface area contributed by atoms with Gasteiger partial charge >= 0.3 is 0 Å². The number of rotatable bonds is 9. The Morgan fingerprint density at radius 1 is 1.16 bits per heavy atom. The fourth-order valence-corrected chi connectivity index (χ4v) is 6.34. The van der Waals surface area contributed by atoms with Crippen molar-refractivity contribution in [1.29, 1.82) is 0 Å². The van der Waals surface area contributed by atoms with Crippen molar-refractivity contribution < 1.29 is 17.9 Å². The summed E-state index contributed by atoms with van der Waals surface area (Å²) in [6.45, 7) is 2.55. The molecule has 174 valence electrons. The van der Waals surface area contributed by atoms with E-state index >= 15 is 0 Å². The largest absolute Gasteiger partial charge is 0.372 e. The molecule has 6 nitrogen and oxygen atoms in total. The molecular formula is C23H28Cl2N2O4S. The van der Waals surface area contributed by atoms with Gasteiger partial charge < -0.3 is 10.1 Å². The van der Waals surface area contributed by atoms with Gasteiger partial charge in [0.25, 0.3) is 0 Å². The summed E-state index contributed by atoms with van der Waals surface area (Å²) in [4.78, 5) is 12.2. The van der Waals surface area contributed by atoms with E-state index in [0.29, 0.717) is 13.0 Å². The summed E-state index contributed by atoms with van der Waals surface area (Å²) >= 11 is 12.2. The normalized spacial score (nSPS) is 18.3. The zero-order valence-electron chi connectivity index (χ0n) is 18.0. The van der Waals surface area contributed by atoms with E-state index in [4.69, 9.17) is 27.9 Å². The van der Waals surface area contributed by atoms with E-state index in [9.17, 15) is 13.2 Å². The number of sulfonamides is 1. The lowest BCUT2D eigenvalue weighted by atomic mass is 10.0. The van der Waals surface area contributed by atoms with Gasteiger partial charge in [-0.3, -0.25) is 4.79 Å². The molecule has 9 heteroatoms. The first kappa shape index (κ1) is 25.0. The molecule has 2 aromatic carbocycles. The van der Waals surface area contributed by atoms with Crippen LogP contribution in [-0.2, 0) is 19.6 Å². The number of carbonyl (C=O) groups excluding carboxylic acids is 1. The first-order chi connectivity index (χ1) is 15.3. The van der Waals surface area contributed by atoms with Crippen molar-refractivity contribution in [3.63, 3.8) is 0 Å². The Bertz CT molecular complexity index is 1020. The van der Waals surface area contributed by atoms with Crippen LogP contribution in [0.1, 0.15) is 44.2 Å². The average Bonchev–Trinajstić information content (AvgIpc) is 2.79. The molecule has 0 radical (unpaired) electrons. The molecular weight excluding hydrogens is 471 g/mol. The molecule has 1 saturated heterocycles. The molecule has 0 aromatic heterocycles. The van der Waals surface area contributed by atoms with Crippen LogP contribution in [0.5, 0.6) is 0 Å². The number of nitrogens with zero attached hydrogens (tertiary/aromatic N) is 1. The predicted octanol–water partition coefficient (Wildman–Crippen LogP) is 4.82. The molecule has 32 heavy (non-hydrogen) atoms. The summed E-state index contributed by atoms with van der Waals surface area (Å²) in [6, 6.07) is 14.0. The van der Waals surface area contributed by atoms with Crippen molar-refractivity contribution in [1.82, 2.24) is 9.62 Å². The Hall–Kier alpha value is -1.64. The van der Waals surface area contributed by atoms with Crippen LogP contribution in [0.4, 0.5) is 0 Å². The number of hydrogen-bond acceptors (Lipinski definition) is 4. The Morgan fingerprint density at radius 2 is 1.91 bits per heavy atom. The first-order valence-electron chi connectivity index (χ1n) is 10.7. The number of hydrogen-bond donors (Lipinski definition) is 1. The van der Waals surface area contributed by atoms with Gasteiger partial charge in [0.1, 0.15) is 11.5 Å². The van der Waals surface area contributed by atoms with Crippen molar-refractivity contribution in [2.24, 2.45) is 0 Å². The SMILES string of the molecule is CC(NC(=O)COCCC1CCCCN1S(=O)(=O)c1cccc(Cl)c1Cl)c1ccccc1. The molecule has 0 bridgehead atoms. The molecule has 1 aliphatic heterocycles. The lowest BCUT2D eigenvalue weighted by molar-refractivity contribution is -0.126. The van der Waals surface area contributed by atoms with Crippen LogP contribution in [-0.4, -0.2) is 44.4 Å². The maximum Gasteiger partial charge on any atom is 0.246 e. The van der Waals surface area contributed by atoms with Gasteiger partial charge in [0.05, 0.1) is 16.1 Å². The minimum Gasteiger partial charge on any atom is -0.372 e. The van der Waals surface area contributed by atoms with E-state index in [-0.39, 0.29) is 46.1 Å². The van der Waals surface area contributed by atoms with E-state index in [1.807, 2.05) is 37.3 Å². The molecule has 2 atom stereocenters. The molecule has 3 rings (SSSR count). The van der Waals surface area contributed by atoms with Crippen LogP contribution >= 0.6 is 23.2 Å². The number of nitrogens with one attached hydrogen (secondary N) is 1. The van der Waals surface area contributed by atoms with Crippen molar-refractivity contribution in [3.05, 3.63) is 64.1 Å². The molecule has 1 amide bonds. The summed E-state index contributed by atoms with van der Waals surface area (Å²) in [5.41, 5.74) is 1.02. The third-order valence-corrected chi connectivity index (χ3v) is 8.51. The highest BCUT2D eigenvalue weighted by atomic mass is 35.5. The fourth-order valence-electron chi connectivity index (χ4n) is 3.88. The quantitative estimate of drug-likeness (QED) is 0.502. The minimum atomic E-state index is -3.78. The predicted molar refractivity (Wildman–Crippen MR) is 126 cm³/mol. The van der Waals surface area contributed by atoms with E-state index in [0.717, 1.165) is 24.8 Å². The van der Waals surface area contributed by atoms with Gasteiger partial charge in [-0.25, -0.2) is 8.42 Å². The van der Waals surface area contributed by atoms with E-state index < -0.39 is 10.0 Å². The standard InChI is InChI=1S/C23H28Cl2N2O4S/c1-17(18-8-3-2-4-9-18)26-22(28)16-31-15-13-19-10-5-6-14-27(19)32(29,30)21-12-7-11-20(24)23(21)25/h2-4,7-9,11-12,17,19H,5-6,10,13-16H2,1H3,(H,26,28). The van der Waals surface area contributed by atoms with Crippen LogP contribution in [0.3, 0.4) is 0 Å². The second-order valence-electron chi connectivity index (χ2n) is 7.86. The molecule has 2 aromatic rings. The second kappa shape index (κ2) is 11.5. The third kappa shape index (κ3) is 6.23. The highest BCUT2D eigenvalue weighted by Crippen LogP contribution is 2.34. The third-order valence-electron chi connectivity index (χ3n) is 5.58. The number of carbonyl (C=O) groups is 1. The topological polar surface area (TPSA) is 75.7 Å². The van der Waals surface area contributed by atoms with Gasteiger partial charge in [-0.2, -0.15) is 4.31 Å². The monoisotopic (exact) mass is 498 g/mol. The van der Waals surface area contributed by atoms with Crippen molar-refractivity contribution in [3.8, 4) is 0 Å². The maximum absolute atomic E-state index is 13.2. The smallest absolute Gasteiger partial charge is 0.246 e. The van der Waals surface area contributed by atoms with Gasteiger partial charge in [0, 0.05) is 19.2 Å². The van der Waals surface area contributed by atoms with Crippen LogP contribution in [0, 0.1) is 0 Å². The summed E-state index contributed by atoms with van der Waals surface area (Å²) in [5, 5.41) is 3.15. The highest BCUT2D eigenvalue weighted by molar-refractivity contribution is 7.89. The average molecular weight is 499 g/mol. The maximum atomic E-state index is 13.2. The van der Waals surface area contributed by atoms with Crippen molar-refractivity contribution in [2.75, 3.05) is 19.8 Å². The van der Waals surface area contributed by atoms with Crippen LogP contribution in [0.15, 0.2) is 53.4 Å². The van der Waals surface area contributed by atoms with Gasteiger partial charge in [-0.05, 0) is 43.9 Å². The molecule has 1 fully saturated rings. The summed E-state index contributed by atoms with van der Waals surface area (Å²) in [6.07, 6.45) is 2.96. The van der Waals surface area contributed by atoms with E-state index in [2.05, 4.69) is 5.32 Å². The van der Waals surface area contributed by atoms with Crippen molar-refractivity contribution in [2.45, 2.75) is 49.6 Å². The number of benzene rings is 2. The van der Waals surface area contributed by atoms with Crippen LogP contribution < -0.4 is 5.32 Å². The Kier molecular flexibility index (Phi) is 8.96. The lowest BCUT2D eigenvalue weighted by Crippen LogP contribution is -2.44. The summed E-state index contributed by atoms with van der Waals surface area (Å²) in [5.74, 6) is -0.208. The molecule has 1 N–H and O–H groups in total. The fraction of sp³-hybridized carbons (Fsp3) is 0.435. The van der Waals surface area contributed by atoms with E-state index in [1.54, 1.807) is 12.1 Å². The van der Waals surface area contributed by atoms with Crippen LogP contribution in [0.2, 0.25) is 10.0 Å². The van der Waals surface area contributed by atoms with E-state index in [1.165, 1.54) is 10.4 Å². The number of ether oxygens (including phenoxy) is 1. The number of piperidine rings is 1. The minimum absolute atomic E-state index is 0.0220. The summed E-state index contributed by atoms with van der Waals surface area (Å²) in [7, 11) is -3.78. The van der Waals surface area contributed by atoms with Crippen LogP contribution in [0.25, 0.3) is 0 Å². The first-order valence-corrected chi connectivity index (χ1v) is 12.9. The van der Waals surface area contributed by atoms with Gasteiger partial charge in [-0.1, -0.05) is 66.0 Å². The van der Waals surface area contributed by atoms with Gasteiger partial charge in [0.15, 0.2) is 0 Å². The second-order valence-corrected chi connectivity index (χ2v) is 10.5. The number of halogens is 2. The van der Waals surface area contributed by atoms with Gasteiger partial charge in [-0.15, -0.1) is 0 Å². The Labute approximate surface area is 199 Å². The zero-order valence-corrected chi connectivity index (χ0v) is 20.3. The Balaban J connectivity index is 1.53. The molecule has 0 saturated carbocycles. The zero-order chi connectivity index (χ0) is 23.1. The molecule has 2 unspecified atom stereocenters.